The molecule has 17 heavy (non-hydrogen) atoms. The Morgan fingerprint density at radius 1 is 1.41 bits per heavy atom. The molecule has 1 aromatic heterocycles. The summed E-state index contributed by atoms with van der Waals surface area (Å²) in [7, 11) is 0. The van der Waals surface area contributed by atoms with Gasteiger partial charge in [-0.2, -0.15) is 5.26 Å². The summed E-state index contributed by atoms with van der Waals surface area (Å²) in [6, 6.07) is 11.9. The van der Waals surface area contributed by atoms with Crippen LogP contribution < -0.4 is 5.32 Å². The molecular formula is C14H14N2O. The fourth-order valence-electron chi connectivity index (χ4n) is 1.66. The van der Waals surface area contributed by atoms with Crippen molar-refractivity contribution >= 4 is 0 Å². The minimum atomic E-state index is 0.236. The standard InChI is InChI=1S/C14H14N2O/c1-11(14-5-6-17-10-14)16-9-13-4-2-3-12(7-13)8-15/h2-7,10-11,16H,9H2,1H3. The van der Waals surface area contributed by atoms with Gasteiger partial charge in [0.15, 0.2) is 0 Å². The van der Waals surface area contributed by atoms with Crippen LogP contribution in [0.2, 0.25) is 0 Å². The highest BCUT2D eigenvalue weighted by Crippen LogP contribution is 2.13. The van der Waals surface area contributed by atoms with E-state index in [1.165, 1.54) is 0 Å². The second kappa shape index (κ2) is 5.33. The number of furan rings is 1. The molecule has 3 heteroatoms. The summed E-state index contributed by atoms with van der Waals surface area (Å²) in [5.41, 5.74) is 2.93. The Balaban J connectivity index is 1.96. The third-order valence-corrected chi connectivity index (χ3v) is 2.71. The number of nitriles is 1. The van der Waals surface area contributed by atoms with Gasteiger partial charge in [-0.25, -0.2) is 0 Å². The van der Waals surface area contributed by atoms with E-state index in [0.717, 1.165) is 17.7 Å². The number of hydrogen-bond donors (Lipinski definition) is 1. The maximum atomic E-state index is 8.81. The van der Waals surface area contributed by atoms with Crippen LogP contribution >= 0.6 is 0 Å². The molecule has 1 heterocycles. The number of hydrogen-bond acceptors (Lipinski definition) is 3. The van der Waals surface area contributed by atoms with E-state index in [9.17, 15) is 0 Å². The third kappa shape index (κ3) is 2.96. The summed E-state index contributed by atoms with van der Waals surface area (Å²) < 4.78 is 5.04. The minimum absolute atomic E-state index is 0.236. The first-order valence-corrected chi connectivity index (χ1v) is 5.54. The molecule has 0 aliphatic rings. The van der Waals surface area contributed by atoms with E-state index in [1.807, 2.05) is 30.3 Å². The monoisotopic (exact) mass is 226 g/mol. The maximum absolute atomic E-state index is 8.81. The molecular weight excluding hydrogens is 212 g/mol. The zero-order chi connectivity index (χ0) is 12.1. The predicted octanol–water partition coefficient (Wildman–Crippen LogP) is 3.00. The molecule has 1 N–H and O–H groups in total. The summed E-state index contributed by atoms with van der Waals surface area (Å²) in [5.74, 6) is 0. The van der Waals surface area contributed by atoms with Gasteiger partial charge in [0, 0.05) is 18.2 Å². The van der Waals surface area contributed by atoms with Crippen molar-refractivity contribution < 1.29 is 4.42 Å². The highest BCUT2D eigenvalue weighted by molar-refractivity contribution is 5.32. The van der Waals surface area contributed by atoms with Crippen molar-refractivity contribution in [1.29, 1.82) is 5.26 Å². The third-order valence-electron chi connectivity index (χ3n) is 2.71. The summed E-state index contributed by atoms with van der Waals surface area (Å²) in [4.78, 5) is 0. The predicted molar refractivity (Wildman–Crippen MR) is 65.1 cm³/mol. The van der Waals surface area contributed by atoms with Crippen molar-refractivity contribution in [3.63, 3.8) is 0 Å². The van der Waals surface area contributed by atoms with Gasteiger partial charge in [0.1, 0.15) is 0 Å². The molecule has 1 unspecified atom stereocenters. The Morgan fingerprint density at radius 2 is 2.29 bits per heavy atom. The van der Waals surface area contributed by atoms with Gasteiger partial charge < -0.3 is 9.73 Å². The van der Waals surface area contributed by atoms with Gasteiger partial charge >= 0.3 is 0 Å². The van der Waals surface area contributed by atoms with Crippen LogP contribution in [0, 0.1) is 11.3 Å². The van der Waals surface area contributed by atoms with E-state index in [2.05, 4.69) is 18.3 Å². The zero-order valence-corrected chi connectivity index (χ0v) is 9.68. The molecule has 0 aliphatic heterocycles. The number of rotatable bonds is 4. The van der Waals surface area contributed by atoms with Gasteiger partial charge in [0.05, 0.1) is 24.2 Å². The van der Waals surface area contributed by atoms with Gasteiger partial charge in [-0.1, -0.05) is 12.1 Å². The van der Waals surface area contributed by atoms with Crippen LogP contribution in [0.4, 0.5) is 0 Å². The molecule has 0 fully saturated rings. The largest absolute Gasteiger partial charge is 0.472 e. The van der Waals surface area contributed by atoms with Crippen molar-refractivity contribution in [3.05, 3.63) is 59.5 Å². The van der Waals surface area contributed by atoms with Crippen LogP contribution in [-0.4, -0.2) is 0 Å². The smallest absolute Gasteiger partial charge is 0.0991 e. The Morgan fingerprint density at radius 3 is 3.00 bits per heavy atom. The molecule has 86 valence electrons. The summed E-state index contributed by atoms with van der Waals surface area (Å²) in [6.45, 7) is 2.82. The molecule has 0 saturated carbocycles. The Labute approximate surface area is 101 Å². The van der Waals surface area contributed by atoms with E-state index in [4.69, 9.17) is 9.68 Å². The first-order chi connectivity index (χ1) is 8.29. The van der Waals surface area contributed by atoms with Crippen LogP contribution in [0.15, 0.2) is 47.3 Å². The minimum Gasteiger partial charge on any atom is -0.472 e. The van der Waals surface area contributed by atoms with Crippen LogP contribution in [0.5, 0.6) is 0 Å². The Kier molecular flexibility index (Phi) is 3.59. The molecule has 0 bridgehead atoms. The lowest BCUT2D eigenvalue weighted by atomic mass is 10.1. The first-order valence-electron chi connectivity index (χ1n) is 5.54. The second-order valence-corrected chi connectivity index (χ2v) is 3.97. The Bertz CT molecular complexity index is 511. The van der Waals surface area contributed by atoms with Crippen LogP contribution in [0.3, 0.4) is 0 Å². The van der Waals surface area contributed by atoms with Crippen LogP contribution in [-0.2, 0) is 6.54 Å². The average Bonchev–Trinajstić information content (AvgIpc) is 2.90. The van der Waals surface area contributed by atoms with Crippen molar-refractivity contribution in [1.82, 2.24) is 5.32 Å². The molecule has 0 radical (unpaired) electrons. The van der Waals surface area contributed by atoms with E-state index in [1.54, 1.807) is 12.5 Å². The molecule has 0 spiro atoms. The number of nitrogens with zero attached hydrogens (tertiary/aromatic N) is 1. The lowest BCUT2D eigenvalue weighted by molar-refractivity contribution is 0.538. The summed E-state index contributed by atoms with van der Waals surface area (Å²) >= 11 is 0. The molecule has 1 atom stereocenters. The molecule has 2 aromatic rings. The zero-order valence-electron chi connectivity index (χ0n) is 9.68. The van der Waals surface area contributed by atoms with Crippen molar-refractivity contribution in [2.75, 3.05) is 0 Å². The highest BCUT2D eigenvalue weighted by Gasteiger charge is 2.05. The number of benzene rings is 1. The average molecular weight is 226 g/mol. The first kappa shape index (κ1) is 11.4. The normalized spacial score (nSPS) is 12.0. The lowest BCUT2D eigenvalue weighted by Gasteiger charge is -2.11. The molecule has 0 saturated heterocycles. The second-order valence-electron chi connectivity index (χ2n) is 3.97. The lowest BCUT2D eigenvalue weighted by Crippen LogP contribution is -2.17. The van der Waals surface area contributed by atoms with Crippen molar-refractivity contribution in [3.8, 4) is 6.07 Å². The summed E-state index contributed by atoms with van der Waals surface area (Å²) in [6.07, 6.45) is 3.41. The van der Waals surface area contributed by atoms with Crippen LogP contribution in [0.25, 0.3) is 0 Å². The topological polar surface area (TPSA) is 49.0 Å². The Hall–Kier alpha value is -2.05. The molecule has 1 aromatic carbocycles. The molecule has 2 rings (SSSR count). The van der Waals surface area contributed by atoms with Gasteiger partial charge in [-0.05, 0) is 30.7 Å². The van der Waals surface area contributed by atoms with Gasteiger partial charge in [0.2, 0.25) is 0 Å². The quantitative estimate of drug-likeness (QED) is 0.871. The van der Waals surface area contributed by atoms with E-state index in [-0.39, 0.29) is 6.04 Å². The maximum Gasteiger partial charge on any atom is 0.0991 e. The fraction of sp³-hybridized carbons (Fsp3) is 0.214. The van der Waals surface area contributed by atoms with Crippen molar-refractivity contribution in [2.45, 2.75) is 19.5 Å². The molecule has 0 amide bonds. The molecule has 0 aliphatic carbocycles. The highest BCUT2D eigenvalue weighted by atomic mass is 16.3. The number of nitrogens with one attached hydrogen (secondary N) is 1. The SMILES string of the molecule is CC(NCc1cccc(C#N)c1)c1ccoc1. The van der Waals surface area contributed by atoms with E-state index >= 15 is 0 Å². The van der Waals surface area contributed by atoms with Crippen LogP contribution in [0.1, 0.15) is 29.7 Å². The van der Waals surface area contributed by atoms with Gasteiger partial charge in [0.25, 0.3) is 0 Å². The van der Waals surface area contributed by atoms with Gasteiger partial charge in [-0.3, -0.25) is 0 Å². The van der Waals surface area contributed by atoms with E-state index < -0.39 is 0 Å². The fourth-order valence-corrected chi connectivity index (χ4v) is 1.66. The summed E-state index contributed by atoms with van der Waals surface area (Å²) in [5, 5.41) is 12.2. The molecule has 3 nitrogen and oxygen atoms in total. The van der Waals surface area contributed by atoms with Gasteiger partial charge in [-0.15, -0.1) is 0 Å². The van der Waals surface area contributed by atoms with E-state index in [0.29, 0.717) is 5.56 Å². The van der Waals surface area contributed by atoms with Crippen molar-refractivity contribution in [2.24, 2.45) is 0 Å².